The quantitative estimate of drug-likeness (QED) is 0.886. The van der Waals surface area contributed by atoms with Gasteiger partial charge in [-0.3, -0.25) is 4.90 Å². The highest BCUT2D eigenvalue weighted by Gasteiger charge is 2.16. The average Bonchev–Trinajstić information content (AvgIpc) is 2.90. The molecule has 0 amide bonds. The molecule has 4 heteroatoms. The van der Waals surface area contributed by atoms with Crippen LogP contribution in [0.5, 0.6) is 0 Å². The summed E-state index contributed by atoms with van der Waals surface area (Å²) in [7, 11) is 2.24. The molecule has 17 heavy (non-hydrogen) atoms. The molecule has 1 aromatic heterocycles. The van der Waals surface area contributed by atoms with Crippen molar-refractivity contribution in [3.05, 3.63) is 22.4 Å². The number of hydrogen-bond acceptors (Lipinski definition) is 4. The fourth-order valence-electron chi connectivity index (χ4n) is 2.10. The average molecular weight is 270 g/mol. The highest BCUT2D eigenvalue weighted by atomic mass is 32.2. The van der Waals surface area contributed by atoms with Crippen molar-refractivity contribution >= 4 is 23.1 Å². The number of nitrogens with one attached hydrogen (secondary N) is 1. The first-order chi connectivity index (χ1) is 8.27. The first-order valence-corrected chi connectivity index (χ1v) is 8.35. The highest BCUT2D eigenvalue weighted by Crippen LogP contribution is 2.23. The normalized spacial score (nSPS) is 22.9. The first-order valence-electron chi connectivity index (χ1n) is 6.32. The molecule has 2 heterocycles. The number of nitrogens with zero attached hydrogens (tertiary/aromatic N) is 1. The van der Waals surface area contributed by atoms with Gasteiger partial charge in [-0.1, -0.05) is 6.07 Å². The van der Waals surface area contributed by atoms with Gasteiger partial charge in [-0.2, -0.15) is 11.8 Å². The van der Waals surface area contributed by atoms with Gasteiger partial charge >= 0.3 is 0 Å². The SMILES string of the molecule is CC(c1cccs1)N(C)CCC1CSCCN1. The summed E-state index contributed by atoms with van der Waals surface area (Å²) in [6.45, 7) is 4.66. The fraction of sp³-hybridized carbons (Fsp3) is 0.692. The molecule has 0 bridgehead atoms. The largest absolute Gasteiger partial charge is 0.312 e. The minimum atomic E-state index is 0.547. The lowest BCUT2D eigenvalue weighted by atomic mass is 10.2. The Labute approximate surface area is 113 Å². The molecule has 96 valence electrons. The Morgan fingerprint density at radius 3 is 3.12 bits per heavy atom. The van der Waals surface area contributed by atoms with Crippen LogP contribution in [0.3, 0.4) is 0 Å². The number of thioether (sulfide) groups is 1. The number of hydrogen-bond donors (Lipinski definition) is 1. The molecule has 2 nitrogen and oxygen atoms in total. The molecule has 0 radical (unpaired) electrons. The van der Waals surface area contributed by atoms with Crippen LogP contribution in [0.2, 0.25) is 0 Å². The zero-order valence-corrected chi connectivity index (χ0v) is 12.3. The first kappa shape index (κ1) is 13.4. The molecule has 1 aliphatic rings. The summed E-state index contributed by atoms with van der Waals surface area (Å²) in [5.74, 6) is 2.55. The third kappa shape index (κ3) is 3.98. The second kappa shape index (κ2) is 6.78. The lowest BCUT2D eigenvalue weighted by Gasteiger charge is -2.28. The second-order valence-electron chi connectivity index (χ2n) is 4.69. The maximum Gasteiger partial charge on any atom is 0.0410 e. The van der Waals surface area contributed by atoms with Crippen LogP contribution < -0.4 is 5.32 Å². The topological polar surface area (TPSA) is 15.3 Å². The fourth-order valence-corrected chi connectivity index (χ4v) is 3.95. The second-order valence-corrected chi connectivity index (χ2v) is 6.82. The third-order valence-corrected chi connectivity index (χ3v) is 5.62. The minimum absolute atomic E-state index is 0.547. The predicted octanol–water partition coefficient (Wildman–Crippen LogP) is 2.84. The maximum atomic E-state index is 3.60. The van der Waals surface area contributed by atoms with E-state index in [0.717, 1.165) is 0 Å². The van der Waals surface area contributed by atoms with Crippen molar-refractivity contribution in [2.45, 2.75) is 25.4 Å². The molecule has 0 aliphatic carbocycles. The van der Waals surface area contributed by atoms with Gasteiger partial charge in [0.05, 0.1) is 0 Å². The predicted molar refractivity (Wildman–Crippen MR) is 79.1 cm³/mol. The number of rotatable bonds is 5. The molecule has 2 unspecified atom stereocenters. The van der Waals surface area contributed by atoms with Gasteiger partial charge in [0.25, 0.3) is 0 Å². The Morgan fingerprint density at radius 2 is 2.47 bits per heavy atom. The van der Waals surface area contributed by atoms with E-state index < -0.39 is 0 Å². The lowest BCUT2D eigenvalue weighted by molar-refractivity contribution is 0.251. The molecule has 1 saturated heterocycles. The Bertz CT molecular complexity index is 307. The molecule has 0 spiro atoms. The van der Waals surface area contributed by atoms with Gasteiger partial charge in [-0.15, -0.1) is 11.3 Å². The van der Waals surface area contributed by atoms with Crippen LogP contribution in [0.1, 0.15) is 24.3 Å². The maximum absolute atomic E-state index is 3.60. The zero-order valence-electron chi connectivity index (χ0n) is 10.7. The minimum Gasteiger partial charge on any atom is -0.312 e. The molecule has 0 saturated carbocycles. The summed E-state index contributed by atoms with van der Waals surface area (Å²) >= 11 is 3.94. The van der Waals surface area contributed by atoms with Crippen LogP contribution in [-0.2, 0) is 0 Å². The molecule has 1 aliphatic heterocycles. The molecule has 1 N–H and O–H groups in total. The molecule has 2 rings (SSSR count). The smallest absolute Gasteiger partial charge is 0.0410 e. The van der Waals surface area contributed by atoms with Crippen molar-refractivity contribution in [1.82, 2.24) is 10.2 Å². The van der Waals surface area contributed by atoms with Gasteiger partial charge < -0.3 is 5.32 Å². The standard InChI is InChI=1S/C13H22N2S2/c1-11(13-4-3-8-17-13)15(2)7-5-12-10-16-9-6-14-12/h3-4,8,11-12,14H,5-7,9-10H2,1-2H3. The van der Waals surface area contributed by atoms with Crippen molar-refractivity contribution < 1.29 is 0 Å². The van der Waals surface area contributed by atoms with Crippen molar-refractivity contribution in [3.63, 3.8) is 0 Å². The summed E-state index contributed by atoms with van der Waals surface area (Å²) in [6, 6.07) is 5.64. The summed E-state index contributed by atoms with van der Waals surface area (Å²) in [5, 5.41) is 5.77. The van der Waals surface area contributed by atoms with E-state index in [1.807, 2.05) is 11.3 Å². The van der Waals surface area contributed by atoms with E-state index in [0.29, 0.717) is 12.1 Å². The van der Waals surface area contributed by atoms with Gasteiger partial charge in [-0.25, -0.2) is 0 Å². The van der Waals surface area contributed by atoms with Gasteiger partial charge in [0.2, 0.25) is 0 Å². The van der Waals surface area contributed by atoms with Crippen LogP contribution in [-0.4, -0.2) is 42.6 Å². The van der Waals surface area contributed by atoms with E-state index in [9.17, 15) is 0 Å². The van der Waals surface area contributed by atoms with E-state index in [1.165, 1.54) is 35.9 Å². The highest BCUT2D eigenvalue weighted by molar-refractivity contribution is 7.99. The monoisotopic (exact) mass is 270 g/mol. The molecule has 2 atom stereocenters. The Hall–Kier alpha value is -0.0300. The lowest BCUT2D eigenvalue weighted by Crippen LogP contribution is -2.39. The molecule has 1 fully saturated rings. The van der Waals surface area contributed by atoms with Crippen LogP contribution >= 0.6 is 23.1 Å². The van der Waals surface area contributed by atoms with Crippen LogP contribution in [0.15, 0.2) is 17.5 Å². The van der Waals surface area contributed by atoms with Crippen molar-refractivity contribution in [3.8, 4) is 0 Å². The molecular formula is C13H22N2S2. The number of thiophene rings is 1. The summed E-state index contributed by atoms with van der Waals surface area (Å²) in [4.78, 5) is 3.94. The van der Waals surface area contributed by atoms with Gasteiger partial charge in [0.15, 0.2) is 0 Å². The Morgan fingerprint density at radius 1 is 1.59 bits per heavy atom. The molecular weight excluding hydrogens is 248 g/mol. The van der Waals surface area contributed by atoms with Crippen LogP contribution in [0.25, 0.3) is 0 Å². The zero-order chi connectivity index (χ0) is 12.1. The van der Waals surface area contributed by atoms with E-state index in [1.54, 1.807) is 0 Å². The summed E-state index contributed by atoms with van der Waals surface area (Å²) in [6.07, 6.45) is 1.26. The summed E-state index contributed by atoms with van der Waals surface area (Å²) < 4.78 is 0. The van der Waals surface area contributed by atoms with E-state index in [-0.39, 0.29) is 0 Å². The molecule has 1 aromatic rings. The summed E-state index contributed by atoms with van der Waals surface area (Å²) in [5.41, 5.74) is 0. The van der Waals surface area contributed by atoms with E-state index in [2.05, 4.69) is 53.5 Å². The van der Waals surface area contributed by atoms with E-state index in [4.69, 9.17) is 0 Å². The van der Waals surface area contributed by atoms with Crippen molar-refractivity contribution in [2.75, 3.05) is 31.6 Å². The van der Waals surface area contributed by atoms with Gasteiger partial charge in [0, 0.05) is 35.0 Å². The van der Waals surface area contributed by atoms with Crippen LogP contribution in [0.4, 0.5) is 0 Å². The van der Waals surface area contributed by atoms with Crippen molar-refractivity contribution in [1.29, 1.82) is 0 Å². The Kier molecular flexibility index (Phi) is 5.35. The molecule has 0 aromatic carbocycles. The third-order valence-electron chi connectivity index (χ3n) is 3.44. The Balaban J connectivity index is 1.74. The van der Waals surface area contributed by atoms with Gasteiger partial charge in [0.1, 0.15) is 0 Å². The van der Waals surface area contributed by atoms with Gasteiger partial charge in [-0.05, 0) is 38.4 Å². The van der Waals surface area contributed by atoms with Crippen molar-refractivity contribution in [2.24, 2.45) is 0 Å². The van der Waals surface area contributed by atoms with Crippen LogP contribution in [0, 0.1) is 0 Å². The van der Waals surface area contributed by atoms with E-state index >= 15 is 0 Å².